The SMILES string of the molecule is CCCc1c(Cc2ccc(-c3ccccc3-c3noc(=O)[nH]3)cc2)c(=O)n(C2CCN(CC(C)(N)O)CC2)c2ncnn12. The highest BCUT2D eigenvalue weighted by Crippen LogP contribution is 2.30. The van der Waals surface area contributed by atoms with Gasteiger partial charge in [0.25, 0.3) is 5.56 Å². The van der Waals surface area contributed by atoms with Gasteiger partial charge in [-0.3, -0.25) is 23.8 Å². The number of aliphatic hydroxyl groups is 1. The van der Waals surface area contributed by atoms with Crippen LogP contribution in [0.15, 0.2) is 69.0 Å². The van der Waals surface area contributed by atoms with E-state index in [4.69, 9.17) is 10.3 Å². The minimum atomic E-state index is -1.26. The Morgan fingerprint density at radius 2 is 1.81 bits per heavy atom. The van der Waals surface area contributed by atoms with Crippen LogP contribution in [0, 0.1) is 0 Å². The molecule has 12 heteroatoms. The minimum absolute atomic E-state index is 0.0300. The Labute approximate surface area is 247 Å². The van der Waals surface area contributed by atoms with E-state index < -0.39 is 11.5 Å². The van der Waals surface area contributed by atoms with Crippen LogP contribution in [-0.2, 0) is 12.8 Å². The van der Waals surface area contributed by atoms with Gasteiger partial charge in [0.05, 0.1) is 5.69 Å². The number of benzene rings is 2. The normalized spacial score (nSPS) is 16.1. The van der Waals surface area contributed by atoms with Crippen molar-refractivity contribution in [3.63, 3.8) is 0 Å². The summed E-state index contributed by atoms with van der Waals surface area (Å²) >= 11 is 0. The second kappa shape index (κ2) is 11.7. The third kappa shape index (κ3) is 5.94. The number of nitrogens with one attached hydrogen (secondary N) is 1. The van der Waals surface area contributed by atoms with Gasteiger partial charge in [-0.25, -0.2) is 9.31 Å². The highest BCUT2D eigenvalue weighted by molar-refractivity contribution is 5.80. The molecule has 1 unspecified atom stereocenters. The zero-order chi connectivity index (χ0) is 30.1. The number of nitrogens with two attached hydrogens (primary N) is 1. The number of β-amino-alcohol motifs (C(OH)–C–C–N with tert-alkyl or cyclic N) is 1. The minimum Gasteiger partial charge on any atom is -0.375 e. The largest absolute Gasteiger partial charge is 0.439 e. The number of aryl methyl sites for hydroxylation is 1. The molecule has 0 spiro atoms. The molecule has 0 aliphatic carbocycles. The Balaban J connectivity index is 1.33. The number of rotatable bonds is 9. The van der Waals surface area contributed by atoms with Crippen molar-refractivity contribution in [1.29, 1.82) is 0 Å². The summed E-state index contributed by atoms with van der Waals surface area (Å²) in [5.74, 6) is 0.335. The van der Waals surface area contributed by atoms with E-state index in [-0.39, 0.29) is 11.6 Å². The third-order valence-corrected chi connectivity index (χ3v) is 8.05. The summed E-state index contributed by atoms with van der Waals surface area (Å²) in [7, 11) is 0. The molecule has 1 saturated heterocycles. The van der Waals surface area contributed by atoms with E-state index in [0.717, 1.165) is 65.9 Å². The number of nitrogens with zero attached hydrogens (tertiary/aromatic N) is 6. The van der Waals surface area contributed by atoms with Crippen LogP contribution < -0.4 is 17.0 Å². The van der Waals surface area contributed by atoms with E-state index in [0.29, 0.717) is 31.0 Å². The maximum Gasteiger partial charge on any atom is 0.439 e. The Hall–Kier alpha value is -4.39. The van der Waals surface area contributed by atoms with Gasteiger partial charge in [0.1, 0.15) is 12.1 Å². The van der Waals surface area contributed by atoms with Gasteiger partial charge in [-0.1, -0.05) is 67.0 Å². The van der Waals surface area contributed by atoms with Gasteiger partial charge in [0, 0.05) is 43.2 Å². The van der Waals surface area contributed by atoms with Crippen LogP contribution >= 0.6 is 0 Å². The van der Waals surface area contributed by atoms with Crippen LogP contribution in [0.1, 0.15) is 56.0 Å². The van der Waals surface area contributed by atoms with Gasteiger partial charge in [-0.2, -0.15) is 10.1 Å². The molecule has 6 rings (SSSR count). The van der Waals surface area contributed by atoms with Crippen molar-refractivity contribution in [3.05, 3.63) is 92.6 Å². The molecule has 12 nitrogen and oxygen atoms in total. The summed E-state index contributed by atoms with van der Waals surface area (Å²) < 4.78 is 8.37. The molecule has 4 N–H and O–H groups in total. The number of likely N-dealkylation sites (tertiary alicyclic amines) is 1. The molecule has 0 amide bonds. The smallest absolute Gasteiger partial charge is 0.375 e. The second-order valence-corrected chi connectivity index (χ2v) is 11.5. The average molecular weight is 585 g/mol. The van der Waals surface area contributed by atoms with Gasteiger partial charge in [0.15, 0.2) is 5.82 Å². The topological polar surface area (TPSA) is 161 Å². The lowest BCUT2D eigenvalue weighted by molar-refractivity contribution is 0.0152. The molecule has 0 saturated carbocycles. The quantitative estimate of drug-likeness (QED) is 0.221. The molecule has 2 aromatic carbocycles. The Kier molecular flexibility index (Phi) is 7.82. The van der Waals surface area contributed by atoms with Gasteiger partial charge in [-0.15, -0.1) is 0 Å². The summed E-state index contributed by atoms with van der Waals surface area (Å²) in [6, 6.07) is 15.7. The van der Waals surface area contributed by atoms with Crippen molar-refractivity contribution in [2.45, 2.75) is 57.7 Å². The second-order valence-electron chi connectivity index (χ2n) is 11.5. The van der Waals surface area contributed by atoms with Crippen molar-refractivity contribution in [3.8, 4) is 22.5 Å². The van der Waals surface area contributed by atoms with Crippen LogP contribution in [0.5, 0.6) is 0 Å². The summed E-state index contributed by atoms with van der Waals surface area (Å²) in [6.45, 7) is 5.52. The fourth-order valence-electron chi connectivity index (χ4n) is 6.16. The van der Waals surface area contributed by atoms with E-state index in [9.17, 15) is 14.7 Å². The predicted molar refractivity (Wildman–Crippen MR) is 162 cm³/mol. The number of fused-ring (bicyclic) bond motifs is 1. The van der Waals surface area contributed by atoms with Crippen LogP contribution in [0.25, 0.3) is 28.3 Å². The third-order valence-electron chi connectivity index (χ3n) is 8.05. The maximum atomic E-state index is 14.2. The number of hydrogen-bond acceptors (Lipinski definition) is 9. The zero-order valence-electron chi connectivity index (χ0n) is 24.4. The first kappa shape index (κ1) is 28.7. The van der Waals surface area contributed by atoms with Crippen LogP contribution in [0.4, 0.5) is 0 Å². The summed E-state index contributed by atoms with van der Waals surface area (Å²) in [6.07, 6.45) is 5.03. The van der Waals surface area contributed by atoms with Crippen molar-refractivity contribution < 1.29 is 9.63 Å². The first-order valence-electron chi connectivity index (χ1n) is 14.7. The highest BCUT2D eigenvalue weighted by atomic mass is 16.5. The number of hydrogen-bond donors (Lipinski definition) is 3. The van der Waals surface area contributed by atoms with Gasteiger partial charge in [0.2, 0.25) is 5.78 Å². The first-order chi connectivity index (χ1) is 20.7. The van der Waals surface area contributed by atoms with Gasteiger partial charge < -0.3 is 10.8 Å². The standard InChI is InChI=1S/C31H36N8O4/c1-3-6-26-25(17-20-9-11-21(12-10-20)23-7-4-5-8-24(23)27-35-30(41)43-36-27)28(40)38(29-33-19-34-39(26)29)22-13-15-37(16-14-22)18-31(2,32)42/h4-5,7-12,19,22,42H,3,6,13-18,32H2,1-2H3,(H,35,36,41). The number of aromatic amines is 1. The van der Waals surface area contributed by atoms with Crippen molar-refractivity contribution in [2.75, 3.05) is 19.6 Å². The Bertz CT molecular complexity index is 1840. The van der Waals surface area contributed by atoms with Gasteiger partial charge >= 0.3 is 5.76 Å². The molecule has 224 valence electrons. The number of aromatic nitrogens is 6. The highest BCUT2D eigenvalue weighted by Gasteiger charge is 2.29. The first-order valence-corrected chi connectivity index (χ1v) is 14.7. The van der Waals surface area contributed by atoms with Crippen molar-refractivity contribution >= 4 is 5.78 Å². The molecule has 1 atom stereocenters. The van der Waals surface area contributed by atoms with E-state index in [1.54, 1.807) is 6.92 Å². The van der Waals surface area contributed by atoms with E-state index in [1.807, 2.05) is 57.6 Å². The molecule has 1 aliphatic rings. The fourth-order valence-corrected chi connectivity index (χ4v) is 6.16. The summed E-state index contributed by atoms with van der Waals surface area (Å²) in [4.78, 5) is 35.1. The molecule has 43 heavy (non-hydrogen) atoms. The fraction of sp³-hybridized carbons (Fsp3) is 0.387. The molecule has 0 radical (unpaired) electrons. The maximum absolute atomic E-state index is 14.2. The van der Waals surface area contributed by atoms with Gasteiger partial charge in [-0.05, 0) is 42.9 Å². The molecular weight excluding hydrogens is 548 g/mol. The summed E-state index contributed by atoms with van der Waals surface area (Å²) in [5.41, 5.74) is 9.75. The number of piperidine rings is 1. The predicted octanol–water partition coefficient (Wildman–Crippen LogP) is 2.75. The molecular formula is C31H36N8O4. The molecule has 1 fully saturated rings. The average Bonchev–Trinajstić information content (AvgIpc) is 3.65. The lowest BCUT2D eigenvalue weighted by Gasteiger charge is -2.36. The lowest BCUT2D eigenvalue weighted by Crippen LogP contribution is -2.50. The van der Waals surface area contributed by atoms with E-state index >= 15 is 0 Å². The Morgan fingerprint density at radius 1 is 1.09 bits per heavy atom. The molecule has 3 aromatic heterocycles. The van der Waals surface area contributed by atoms with Crippen LogP contribution in [0.2, 0.25) is 0 Å². The molecule has 0 bridgehead atoms. The van der Waals surface area contributed by atoms with E-state index in [2.05, 4.69) is 32.0 Å². The van der Waals surface area contributed by atoms with Crippen LogP contribution in [0.3, 0.4) is 0 Å². The lowest BCUT2D eigenvalue weighted by atomic mass is 9.96. The summed E-state index contributed by atoms with van der Waals surface area (Å²) in [5, 5.41) is 18.5. The number of H-pyrrole nitrogens is 1. The molecule has 1 aliphatic heterocycles. The molecule has 4 heterocycles. The van der Waals surface area contributed by atoms with Crippen LogP contribution in [-0.4, -0.2) is 64.7 Å². The monoisotopic (exact) mass is 584 g/mol. The van der Waals surface area contributed by atoms with Crippen molar-refractivity contribution in [2.24, 2.45) is 5.73 Å². The molecule has 5 aromatic rings. The van der Waals surface area contributed by atoms with Crippen molar-refractivity contribution in [1.82, 2.24) is 34.2 Å². The zero-order valence-corrected chi connectivity index (χ0v) is 24.4. The van der Waals surface area contributed by atoms with E-state index in [1.165, 1.54) is 6.33 Å². The Morgan fingerprint density at radius 3 is 2.47 bits per heavy atom.